The van der Waals surface area contributed by atoms with Crippen molar-refractivity contribution in [3.05, 3.63) is 119 Å². The van der Waals surface area contributed by atoms with Crippen LogP contribution in [0.3, 0.4) is 0 Å². The molecule has 4 rings (SSSR count). The van der Waals surface area contributed by atoms with Crippen molar-refractivity contribution in [1.82, 2.24) is 0 Å². The summed E-state index contributed by atoms with van der Waals surface area (Å²) in [6.07, 6.45) is -11.4. The largest absolute Gasteiger partial charge is 0.457 e. The van der Waals surface area contributed by atoms with Crippen LogP contribution in [0.15, 0.2) is 107 Å². The lowest BCUT2D eigenvalue weighted by molar-refractivity contribution is -0.288. The van der Waals surface area contributed by atoms with Gasteiger partial charge in [-0.1, -0.05) is 59.7 Å². The van der Waals surface area contributed by atoms with E-state index in [0.717, 1.165) is 42.0 Å². The summed E-state index contributed by atoms with van der Waals surface area (Å²) in [5, 5.41) is 0. The summed E-state index contributed by atoms with van der Waals surface area (Å²) in [6, 6.07) is 19.1. The van der Waals surface area contributed by atoms with Crippen LogP contribution in [-0.2, 0) is 15.3 Å². The molecule has 204 valence electrons. The van der Waals surface area contributed by atoms with Gasteiger partial charge in [-0.3, -0.25) is 0 Å². The molecule has 0 heterocycles. The second kappa shape index (κ2) is 10.1. The summed E-state index contributed by atoms with van der Waals surface area (Å²) in [6.45, 7) is 3.38. The van der Waals surface area contributed by atoms with E-state index in [1.807, 2.05) is 6.92 Å². The fourth-order valence-electron chi connectivity index (χ4n) is 4.23. The Morgan fingerprint density at radius 1 is 0.513 bits per heavy atom. The van der Waals surface area contributed by atoms with Crippen LogP contribution in [0.4, 0.5) is 26.3 Å². The van der Waals surface area contributed by atoms with Crippen LogP contribution in [0.5, 0.6) is 11.5 Å². The van der Waals surface area contributed by atoms with Crippen molar-refractivity contribution >= 4 is 9.84 Å². The highest BCUT2D eigenvalue weighted by Gasteiger charge is 2.72. The van der Waals surface area contributed by atoms with E-state index in [0.29, 0.717) is 5.56 Å². The quantitative estimate of drug-likeness (QED) is 0.221. The molecule has 0 radical (unpaired) electrons. The number of sulfone groups is 1. The molecule has 0 N–H and O–H groups in total. The van der Waals surface area contributed by atoms with Crippen LogP contribution < -0.4 is 4.74 Å². The van der Waals surface area contributed by atoms with E-state index in [1.165, 1.54) is 48.5 Å². The first kappa shape index (κ1) is 28.2. The van der Waals surface area contributed by atoms with Gasteiger partial charge in [0.25, 0.3) is 0 Å². The highest BCUT2D eigenvalue weighted by atomic mass is 32.2. The smallest absolute Gasteiger partial charge is 0.411 e. The molecule has 0 fully saturated rings. The Bertz CT molecular complexity index is 1520. The third kappa shape index (κ3) is 5.25. The third-order valence-corrected chi connectivity index (χ3v) is 8.11. The predicted octanol–water partition coefficient (Wildman–Crippen LogP) is 8.34. The first-order chi connectivity index (χ1) is 18.2. The van der Waals surface area contributed by atoms with E-state index in [4.69, 9.17) is 4.74 Å². The number of hydrogen-bond acceptors (Lipinski definition) is 3. The summed E-state index contributed by atoms with van der Waals surface area (Å²) in [7, 11) is -3.79. The van der Waals surface area contributed by atoms with Gasteiger partial charge in [-0.05, 0) is 73.5 Å². The van der Waals surface area contributed by atoms with Gasteiger partial charge >= 0.3 is 12.4 Å². The molecule has 4 aromatic rings. The Balaban J connectivity index is 1.64. The molecule has 4 aromatic carbocycles. The maximum Gasteiger partial charge on any atom is 0.411 e. The van der Waals surface area contributed by atoms with Crippen molar-refractivity contribution in [2.75, 3.05) is 0 Å². The summed E-state index contributed by atoms with van der Waals surface area (Å²) >= 11 is 0. The normalized spacial score (nSPS) is 12.8. The van der Waals surface area contributed by atoms with E-state index < -0.39 is 38.7 Å². The molecular weight excluding hydrogens is 542 g/mol. The summed E-state index contributed by atoms with van der Waals surface area (Å²) < 4.78 is 117. The molecule has 39 heavy (non-hydrogen) atoms. The second-order valence-electron chi connectivity index (χ2n) is 9.03. The number of halogens is 6. The number of aryl methyl sites for hydroxylation is 2. The van der Waals surface area contributed by atoms with Gasteiger partial charge in [0, 0.05) is 0 Å². The van der Waals surface area contributed by atoms with Crippen LogP contribution in [0.1, 0.15) is 22.3 Å². The Hall–Kier alpha value is -3.79. The van der Waals surface area contributed by atoms with Crippen molar-refractivity contribution in [1.29, 1.82) is 0 Å². The standard InChI is InChI=1S/C29H22F6O3S/c1-19-3-7-21(8-4-19)27(28(30,31)32,29(33,34)35)22-9-11-23(12-10-22)38-24-13-17-26(18-14-24)39(36,37)25-15-5-20(2)6-16-25/h3-18H,1-2H3. The van der Waals surface area contributed by atoms with Gasteiger partial charge < -0.3 is 4.74 Å². The Labute approximate surface area is 221 Å². The number of benzene rings is 4. The molecular formula is C29H22F6O3S. The number of ether oxygens (including phenoxy) is 1. The summed E-state index contributed by atoms with van der Waals surface area (Å²) in [5.74, 6) is 0.108. The first-order valence-electron chi connectivity index (χ1n) is 11.6. The average molecular weight is 565 g/mol. The van der Waals surface area contributed by atoms with Crippen LogP contribution in [0.25, 0.3) is 0 Å². The summed E-state index contributed by atoms with van der Waals surface area (Å²) in [4.78, 5) is 0.0935. The maximum absolute atomic E-state index is 14.3. The molecule has 0 aliphatic rings. The third-order valence-electron chi connectivity index (χ3n) is 6.32. The predicted molar refractivity (Wildman–Crippen MR) is 134 cm³/mol. The lowest BCUT2D eigenvalue weighted by atomic mass is 9.72. The number of alkyl halides is 6. The molecule has 0 atom stereocenters. The van der Waals surface area contributed by atoms with Gasteiger partial charge in [-0.15, -0.1) is 0 Å². The van der Waals surface area contributed by atoms with E-state index in [-0.39, 0.29) is 21.3 Å². The van der Waals surface area contributed by atoms with Crippen LogP contribution >= 0.6 is 0 Å². The second-order valence-corrected chi connectivity index (χ2v) is 11.0. The monoisotopic (exact) mass is 564 g/mol. The van der Waals surface area contributed by atoms with Gasteiger partial charge in [-0.25, -0.2) is 8.42 Å². The molecule has 0 aliphatic carbocycles. The van der Waals surface area contributed by atoms with Crippen molar-refractivity contribution in [3.8, 4) is 11.5 Å². The van der Waals surface area contributed by atoms with Gasteiger partial charge in [-0.2, -0.15) is 26.3 Å². The average Bonchev–Trinajstić information content (AvgIpc) is 2.85. The van der Waals surface area contributed by atoms with E-state index in [1.54, 1.807) is 19.1 Å². The summed E-state index contributed by atoms with van der Waals surface area (Å²) in [5.41, 5.74) is -4.81. The van der Waals surface area contributed by atoms with Crippen molar-refractivity contribution < 1.29 is 39.5 Å². The topological polar surface area (TPSA) is 43.4 Å². The minimum Gasteiger partial charge on any atom is -0.457 e. The zero-order valence-electron chi connectivity index (χ0n) is 20.6. The minimum absolute atomic E-state index is 0.00714. The van der Waals surface area contributed by atoms with Gasteiger partial charge in [0.05, 0.1) is 9.79 Å². The highest BCUT2D eigenvalue weighted by Crippen LogP contribution is 2.56. The van der Waals surface area contributed by atoms with Crippen LogP contribution in [-0.4, -0.2) is 20.8 Å². The van der Waals surface area contributed by atoms with Gasteiger partial charge in [0.2, 0.25) is 15.3 Å². The Morgan fingerprint density at radius 3 is 1.21 bits per heavy atom. The SMILES string of the molecule is Cc1ccc(C(c2ccc(Oc3ccc(S(=O)(=O)c4ccc(C)cc4)cc3)cc2)(C(F)(F)F)C(F)(F)F)cc1. The molecule has 0 amide bonds. The van der Waals surface area contributed by atoms with Crippen LogP contribution in [0.2, 0.25) is 0 Å². The van der Waals surface area contributed by atoms with Crippen molar-refractivity contribution in [3.63, 3.8) is 0 Å². The minimum atomic E-state index is -5.69. The Morgan fingerprint density at radius 2 is 0.821 bits per heavy atom. The zero-order chi connectivity index (χ0) is 28.6. The van der Waals surface area contributed by atoms with Crippen molar-refractivity contribution in [2.45, 2.75) is 41.4 Å². The molecule has 0 aliphatic heterocycles. The molecule has 0 unspecified atom stereocenters. The van der Waals surface area contributed by atoms with Gasteiger partial charge in [0.15, 0.2) is 0 Å². The van der Waals surface area contributed by atoms with Crippen molar-refractivity contribution in [2.24, 2.45) is 0 Å². The molecule has 0 bridgehead atoms. The number of hydrogen-bond donors (Lipinski definition) is 0. The molecule has 10 heteroatoms. The van der Waals surface area contributed by atoms with E-state index >= 15 is 0 Å². The molecule has 0 spiro atoms. The molecule has 0 saturated carbocycles. The zero-order valence-corrected chi connectivity index (χ0v) is 21.5. The highest BCUT2D eigenvalue weighted by molar-refractivity contribution is 7.91. The van der Waals surface area contributed by atoms with E-state index in [2.05, 4.69) is 0 Å². The fourth-order valence-corrected chi connectivity index (χ4v) is 5.50. The van der Waals surface area contributed by atoms with E-state index in [9.17, 15) is 34.8 Å². The lowest BCUT2D eigenvalue weighted by Crippen LogP contribution is -2.54. The Kier molecular flexibility index (Phi) is 7.29. The van der Waals surface area contributed by atoms with Crippen LogP contribution in [0, 0.1) is 13.8 Å². The molecule has 0 aromatic heterocycles. The molecule has 3 nitrogen and oxygen atoms in total. The number of rotatable bonds is 6. The molecule has 0 saturated heterocycles. The lowest BCUT2D eigenvalue weighted by Gasteiger charge is -2.38. The first-order valence-corrected chi connectivity index (χ1v) is 13.1. The van der Waals surface area contributed by atoms with Gasteiger partial charge in [0.1, 0.15) is 11.5 Å². The fraction of sp³-hybridized carbons (Fsp3) is 0.172. The maximum atomic E-state index is 14.3.